The highest BCUT2D eigenvalue weighted by atomic mass is 16.3. The molecule has 0 bridgehead atoms. The van der Waals surface area contributed by atoms with Crippen molar-refractivity contribution < 1.29 is 5.11 Å². The lowest BCUT2D eigenvalue weighted by molar-refractivity contribution is 0.0445. The van der Waals surface area contributed by atoms with Crippen LogP contribution in [0.3, 0.4) is 0 Å². The number of benzene rings is 1. The molecule has 1 heteroatoms. The second-order valence-electron chi connectivity index (χ2n) is 5.54. The quantitative estimate of drug-likeness (QED) is 0.711. The predicted molar refractivity (Wildman–Crippen MR) is 67.1 cm³/mol. The first-order valence-corrected chi connectivity index (χ1v) is 5.92. The average Bonchev–Trinajstić information content (AvgIpc) is 2.25. The second-order valence-corrected chi connectivity index (χ2v) is 5.54. The summed E-state index contributed by atoms with van der Waals surface area (Å²) >= 11 is 0. The number of hydrogen-bond acceptors (Lipinski definition) is 1. The molecule has 0 heterocycles. The summed E-state index contributed by atoms with van der Waals surface area (Å²) in [5.74, 6) is 0. The number of hydrogen-bond donors (Lipinski definition) is 1. The zero-order valence-corrected chi connectivity index (χ0v) is 10.3. The predicted octanol–water partition coefficient (Wildman–Crippen LogP) is 3.64. The Kier molecular flexibility index (Phi) is 2.67. The van der Waals surface area contributed by atoms with Gasteiger partial charge in [0.1, 0.15) is 5.60 Å². The maximum Gasteiger partial charge on any atom is 0.110 e. The minimum atomic E-state index is -0.753. The van der Waals surface area contributed by atoms with Crippen molar-refractivity contribution in [1.82, 2.24) is 0 Å². The van der Waals surface area contributed by atoms with E-state index in [-0.39, 0.29) is 5.41 Å². The third kappa shape index (κ3) is 1.92. The van der Waals surface area contributed by atoms with E-state index in [1.807, 2.05) is 37.3 Å². The Hall–Kier alpha value is -1.08. The molecule has 1 N–H and O–H groups in total. The summed E-state index contributed by atoms with van der Waals surface area (Å²) in [4.78, 5) is 0. The summed E-state index contributed by atoms with van der Waals surface area (Å²) in [6.45, 7) is 6.48. The molecule has 2 rings (SSSR count). The Bertz CT molecular complexity index is 403. The largest absolute Gasteiger partial charge is 0.381 e. The van der Waals surface area contributed by atoms with E-state index in [1.54, 1.807) is 0 Å². The summed E-state index contributed by atoms with van der Waals surface area (Å²) in [5.41, 5.74) is 1.55. The molecule has 1 atom stereocenters. The van der Waals surface area contributed by atoms with Gasteiger partial charge in [0, 0.05) is 0 Å². The van der Waals surface area contributed by atoms with Crippen LogP contribution in [0.5, 0.6) is 0 Å². The first kappa shape index (κ1) is 11.4. The van der Waals surface area contributed by atoms with E-state index in [0.29, 0.717) is 0 Å². The maximum atomic E-state index is 10.8. The molecule has 0 aliphatic heterocycles. The summed E-state index contributed by atoms with van der Waals surface area (Å²) in [6, 6.07) is 9.98. The second kappa shape index (κ2) is 3.74. The maximum absolute atomic E-state index is 10.8. The fraction of sp³-hybridized carbons (Fsp3) is 0.467. The van der Waals surface area contributed by atoms with Gasteiger partial charge in [0.2, 0.25) is 0 Å². The van der Waals surface area contributed by atoms with E-state index in [9.17, 15) is 5.11 Å². The molecule has 1 nitrogen and oxygen atoms in total. The van der Waals surface area contributed by atoms with Gasteiger partial charge in [-0.1, -0.05) is 50.3 Å². The van der Waals surface area contributed by atoms with Crippen LogP contribution in [0.15, 0.2) is 42.0 Å². The van der Waals surface area contributed by atoms with E-state index in [2.05, 4.69) is 19.9 Å². The van der Waals surface area contributed by atoms with Crippen LogP contribution in [0.2, 0.25) is 0 Å². The summed E-state index contributed by atoms with van der Waals surface area (Å²) in [5, 5.41) is 10.8. The average molecular weight is 216 g/mol. The Morgan fingerprint density at radius 3 is 2.25 bits per heavy atom. The molecule has 0 aromatic heterocycles. The zero-order valence-electron chi connectivity index (χ0n) is 10.3. The van der Waals surface area contributed by atoms with Gasteiger partial charge in [0.15, 0.2) is 0 Å². The van der Waals surface area contributed by atoms with Gasteiger partial charge < -0.3 is 5.11 Å². The van der Waals surface area contributed by atoms with Gasteiger partial charge >= 0.3 is 0 Å². The van der Waals surface area contributed by atoms with E-state index >= 15 is 0 Å². The molecule has 0 amide bonds. The van der Waals surface area contributed by atoms with Crippen molar-refractivity contribution in [2.75, 3.05) is 0 Å². The lowest BCUT2D eigenvalue weighted by Gasteiger charge is -2.39. The standard InChI is InChI=1S/C15H20O/c1-12-11-14(2,3)9-10-15(12,16)13-7-5-4-6-8-13/h4-8,11,16H,9-10H2,1-3H3. The van der Waals surface area contributed by atoms with Crippen LogP contribution < -0.4 is 0 Å². The summed E-state index contributed by atoms with van der Waals surface area (Å²) < 4.78 is 0. The molecular weight excluding hydrogens is 196 g/mol. The van der Waals surface area contributed by atoms with Crippen LogP contribution in [0.4, 0.5) is 0 Å². The highest BCUT2D eigenvalue weighted by Crippen LogP contribution is 2.44. The molecule has 0 saturated carbocycles. The lowest BCUT2D eigenvalue weighted by atomic mass is 9.70. The van der Waals surface area contributed by atoms with E-state index in [4.69, 9.17) is 0 Å². The smallest absolute Gasteiger partial charge is 0.110 e. The van der Waals surface area contributed by atoms with Crippen LogP contribution in [0, 0.1) is 5.41 Å². The lowest BCUT2D eigenvalue weighted by Crippen LogP contribution is -2.33. The van der Waals surface area contributed by atoms with Gasteiger partial charge in [-0.25, -0.2) is 0 Å². The molecule has 0 fully saturated rings. The third-order valence-corrected chi connectivity index (χ3v) is 3.64. The number of rotatable bonds is 1. The molecule has 0 radical (unpaired) electrons. The monoisotopic (exact) mass is 216 g/mol. The Morgan fingerprint density at radius 2 is 1.69 bits per heavy atom. The highest BCUT2D eigenvalue weighted by Gasteiger charge is 2.37. The van der Waals surface area contributed by atoms with Gasteiger partial charge in [-0.05, 0) is 36.3 Å². The molecule has 1 unspecified atom stereocenters. The summed E-state index contributed by atoms with van der Waals surface area (Å²) in [7, 11) is 0. The van der Waals surface area contributed by atoms with Gasteiger partial charge in [-0.15, -0.1) is 0 Å². The molecule has 1 aliphatic carbocycles. The van der Waals surface area contributed by atoms with Crippen LogP contribution in [0.1, 0.15) is 39.2 Å². The van der Waals surface area contributed by atoms with E-state index in [0.717, 1.165) is 24.0 Å². The molecule has 1 aliphatic rings. The van der Waals surface area contributed by atoms with Crippen molar-refractivity contribution >= 4 is 0 Å². The molecule has 86 valence electrons. The van der Waals surface area contributed by atoms with Crippen LogP contribution >= 0.6 is 0 Å². The van der Waals surface area contributed by atoms with Crippen molar-refractivity contribution in [2.24, 2.45) is 5.41 Å². The topological polar surface area (TPSA) is 20.2 Å². The number of aliphatic hydroxyl groups is 1. The van der Waals surface area contributed by atoms with Crippen molar-refractivity contribution in [2.45, 2.75) is 39.2 Å². The third-order valence-electron chi connectivity index (χ3n) is 3.64. The van der Waals surface area contributed by atoms with Crippen molar-refractivity contribution in [1.29, 1.82) is 0 Å². The zero-order chi connectivity index (χ0) is 11.8. The van der Waals surface area contributed by atoms with Gasteiger partial charge in [-0.3, -0.25) is 0 Å². The molecule has 0 saturated heterocycles. The van der Waals surface area contributed by atoms with Crippen molar-refractivity contribution in [3.63, 3.8) is 0 Å². The molecular formula is C15H20O. The number of allylic oxidation sites excluding steroid dienone is 1. The van der Waals surface area contributed by atoms with Gasteiger partial charge in [0.25, 0.3) is 0 Å². The van der Waals surface area contributed by atoms with Crippen molar-refractivity contribution in [3.8, 4) is 0 Å². The first-order valence-electron chi connectivity index (χ1n) is 5.92. The van der Waals surface area contributed by atoms with Crippen molar-refractivity contribution in [3.05, 3.63) is 47.5 Å². The Balaban J connectivity index is 2.42. The molecule has 16 heavy (non-hydrogen) atoms. The Labute approximate surface area is 97.8 Å². The minimum Gasteiger partial charge on any atom is -0.381 e. The highest BCUT2D eigenvalue weighted by molar-refractivity contribution is 5.34. The summed E-state index contributed by atoms with van der Waals surface area (Å²) in [6.07, 6.45) is 4.05. The fourth-order valence-corrected chi connectivity index (χ4v) is 2.56. The fourth-order valence-electron chi connectivity index (χ4n) is 2.56. The van der Waals surface area contributed by atoms with Crippen LogP contribution in [-0.4, -0.2) is 5.11 Å². The Morgan fingerprint density at radius 1 is 1.06 bits per heavy atom. The normalized spacial score (nSPS) is 28.6. The molecule has 1 aromatic carbocycles. The van der Waals surface area contributed by atoms with Gasteiger partial charge in [-0.2, -0.15) is 0 Å². The van der Waals surface area contributed by atoms with E-state index < -0.39 is 5.60 Å². The first-order chi connectivity index (χ1) is 7.44. The SMILES string of the molecule is CC1=CC(C)(C)CCC1(O)c1ccccc1. The van der Waals surface area contributed by atoms with E-state index in [1.165, 1.54) is 0 Å². The minimum absolute atomic E-state index is 0.213. The van der Waals surface area contributed by atoms with Crippen LogP contribution in [0.25, 0.3) is 0 Å². The molecule has 0 spiro atoms. The van der Waals surface area contributed by atoms with Crippen LogP contribution in [-0.2, 0) is 5.60 Å². The van der Waals surface area contributed by atoms with Gasteiger partial charge in [0.05, 0.1) is 0 Å². The molecule has 1 aromatic rings.